The van der Waals surface area contributed by atoms with Gasteiger partial charge >= 0.3 is 0 Å². The highest BCUT2D eigenvalue weighted by atomic mass is 35.5. The quantitative estimate of drug-likeness (QED) is 0.417. The fourth-order valence-corrected chi connectivity index (χ4v) is 4.61. The molecule has 0 unspecified atom stereocenters. The maximum Gasteiger partial charge on any atom is 0.265 e. The Kier molecular flexibility index (Phi) is 8.50. The summed E-state index contributed by atoms with van der Waals surface area (Å²) < 4.78 is 42.6. The fourth-order valence-electron chi connectivity index (χ4n) is 3.01. The van der Waals surface area contributed by atoms with Gasteiger partial charge in [0.05, 0.1) is 49.3 Å². The van der Waals surface area contributed by atoms with E-state index in [0.717, 1.165) is 0 Å². The lowest BCUT2D eigenvalue weighted by Gasteiger charge is -2.26. The second-order valence-corrected chi connectivity index (χ2v) is 9.17. The normalized spacial score (nSPS) is 14.8. The molecule has 2 aromatic carbocycles. The maximum absolute atomic E-state index is 12.8. The zero-order chi connectivity index (χ0) is 23.8. The van der Waals surface area contributed by atoms with Crippen LogP contribution >= 0.6 is 11.6 Å². The molecule has 0 saturated carbocycles. The molecule has 10 nitrogen and oxygen atoms in total. The Morgan fingerprint density at radius 3 is 2.64 bits per heavy atom. The number of carbonyl (C=O) groups excluding carboxylic acids is 1. The van der Waals surface area contributed by atoms with Gasteiger partial charge in [-0.3, -0.25) is 4.79 Å². The Hall–Kier alpha value is -2.86. The maximum atomic E-state index is 12.8. The van der Waals surface area contributed by atoms with E-state index in [1.54, 1.807) is 18.2 Å². The van der Waals surface area contributed by atoms with Crippen molar-refractivity contribution in [1.29, 1.82) is 0 Å². The first-order valence-electron chi connectivity index (χ1n) is 9.90. The van der Waals surface area contributed by atoms with Crippen molar-refractivity contribution in [2.45, 2.75) is 4.90 Å². The van der Waals surface area contributed by atoms with E-state index in [1.807, 2.05) is 0 Å². The van der Waals surface area contributed by atoms with Crippen LogP contribution in [0.5, 0.6) is 11.5 Å². The van der Waals surface area contributed by atoms with E-state index < -0.39 is 22.5 Å². The van der Waals surface area contributed by atoms with Gasteiger partial charge in [-0.05, 0) is 36.4 Å². The van der Waals surface area contributed by atoms with Crippen molar-refractivity contribution in [2.75, 3.05) is 52.4 Å². The van der Waals surface area contributed by atoms with Crippen molar-refractivity contribution in [3.8, 4) is 11.5 Å². The average molecular weight is 498 g/mol. The van der Waals surface area contributed by atoms with Crippen molar-refractivity contribution in [2.24, 2.45) is 5.16 Å². The van der Waals surface area contributed by atoms with Gasteiger partial charge in [-0.2, -0.15) is 4.31 Å². The smallest absolute Gasteiger partial charge is 0.265 e. The number of nitrogens with zero attached hydrogens (tertiary/aromatic N) is 2. The van der Waals surface area contributed by atoms with Gasteiger partial charge in [0.2, 0.25) is 10.0 Å². The summed E-state index contributed by atoms with van der Waals surface area (Å²) in [5.41, 5.74) is 0.749. The summed E-state index contributed by atoms with van der Waals surface area (Å²) in [4.78, 5) is 17.3. The van der Waals surface area contributed by atoms with Crippen molar-refractivity contribution in [1.82, 2.24) is 4.31 Å². The Morgan fingerprint density at radius 1 is 1.18 bits per heavy atom. The van der Waals surface area contributed by atoms with Crippen LogP contribution in [0.15, 0.2) is 46.4 Å². The summed E-state index contributed by atoms with van der Waals surface area (Å²) >= 11 is 6.14. The van der Waals surface area contributed by atoms with Gasteiger partial charge in [0.1, 0.15) is 11.5 Å². The van der Waals surface area contributed by atoms with E-state index in [0.29, 0.717) is 30.3 Å². The van der Waals surface area contributed by atoms with Crippen LogP contribution in [0.25, 0.3) is 0 Å². The minimum Gasteiger partial charge on any atom is -0.497 e. The van der Waals surface area contributed by atoms with Crippen LogP contribution in [0, 0.1) is 0 Å². The summed E-state index contributed by atoms with van der Waals surface area (Å²) in [6.45, 7) is 0.762. The molecule has 1 saturated heterocycles. The molecule has 0 aromatic heterocycles. The first-order valence-corrected chi connectivity index (χ1v) is 11.7. The Bertz CT molecular complexity index is 1120. The van der Waals surface area contributed by atoms with Crippen LogP contribution in [-0.2, 0) is 24.4 Å². The molecule has 2 aromatic rings. The molecular formula is C21H24ClN3O7S. The second kappa shape index (κ2) is 11.3. The highest BCUT2D eigenvalue weighted by Gasteiger charge is 2.27. The van der Waals surface area contributed by atoms with Crippen LogP contribution in [0.3, 0.4) is 0 Å². The molecule has 0 aliphatic carbocycles. The van der Waals surface area contributed by atoms with Crippen LogP contribution in [0.2, 0.25) is 5.02 Å². The van der Waals surface area contributed by atoms with Crippen LogP contribution in [-0.4, -0.2) is 72.0 Å². The Labute approximate surface area is 197 Å². The van der Waals surface area contributed by atoms with Gasteiger partial charge in [0.15, 0.2) is 6.61 Å². The minimum atomic E-state index is -3.73. The number of rotatable bonds is 9. The lowest BCUT2D eigenvalue weighted by Crippen LogP contribution is -2.40. The number of morpholine rings is 1. The molecule has 1 fully saturated rings. The van der Waals surface area contributed by atoms with Crippen LogP contribution in [0.4, 0.5) is 5.69 Å². The van der Waals surface area contributed by atoms with E-state index in [4.69, 9.17) is 30.6 Å². The van der Waals surface area contributed by atoms with Crippen molar-refractivity contribution in [3.63, 3.8) is 0 Å². The molecule has 12 heteroatoms. The van der Waals surface area contributed by atoms with Gasteiger partial charge < -0.3 is 24.4 Å². The third-order valence-corrected chi connectivity index (χ3v) is 6.94. The molecule has 1 aliphatic rings. The number of halogens is 1. The fraction of sp³-hybridized carbons (Fsp3) is 0.333. The number of carbonyl (C=O) groups is 1. The predicted molar refractivity (Wildman–Crippen MR) is 123 cm³/mol. The Balaban J connectivity index is 1.63. The number of sulfonamides is 1. The topological polar surface area (TPSA) is 116 Å². The van der Waals surface area contributed by atoms with Crippen LogP contribution < -0.4 is 14.8 Å². The van der Waals surface area contributed by atoms with E-state index in [1.165, 1.54) is 42.9 Å². The molecule has 1 N–H and O–H groups in total. The van der Waals surface area contributed by atoms with E-state index in [9.17, 15) is 13.2 Å². The molecular weight excluding hydrogens is 474 g/mol. The number of benzene rings is 2. The van der Waals surface area contributed by atoms with Crippen molar-refractivity contribution >= 4 is 39.4 Å². The minimum absolute atomic E-state index is 0.0214. The van der Waals surface area contributed by atoms with Gasteiger partial charge in [-0.25, -0.2) is 8.42 Å². The molecule has 0 spiro atoms. The summed E-state index contributed by atoms with van der Waals surface area (Å²) in [7, 11) is -0.679. The number of amides is 1. The van der Waals surface area contributed by atoms with Gasteiger partial charge in [0.25, 0.3) is 5.91 Å². The lowest BCUT2D eigenvalue weighted by molar-refractivity contribution is -0.120. The SMILES string of the molecule is COc1ccc(OC)c(/C=N/OCC(=O)Nc2cc(S(=O)(=O)N3CCOCC3)ccc2Cl)c1. The first kappa shape index (κ1) is 24.8. The first-order chi connectivity index (χ1) is 15.8. The van der Waals surface area contributed by atoms with Gasteiger partial charge in [0, 0.05) is 18.7 Å². The van der Waals surface area contributed by atoms with Crippen molar-refractivity contribution < 1.29 is 32.3 Å². The van der Waals surface area contributed by atoms with Gasteiger partial charge in [-0.1, -0.05) is 16.8 Å². The van der Waals surface area contributed by atoms with E-state index in [-0.39, 0.29) is 28.7 Å². The van der Waals surface area contributed by atoms with E-state index >= 15 is 0 Å². The van der Waals surface area contributed by atoms with E-state index in [2.05, 4.69) is 10.5 Å². The number of nitrogens with one attached hydrogen (secondary N) is 1. The van der Waals surface area contributed by atoms with Gasteiger partial charge in [-0.15, -0.1) is 0 Å². The second-order valence-electron chi connectivity index (χ2n) is 6.82. The molecule has 0 radical (unpaired) electrons. The third-order valence-electron chi connectivity index (χ3n) is 4.72. The summed E-state index contributed by atoms with van der Waals surface area (Å²) in [6.07, 6.45) is 1.39. The number of ether oxygens (including phenoxy) is 3. The molecule has 0 atom stereocenters. The standard InChI is InChI=1S/C21H24ClN3O7S/c1-29-16-3-6-20(30-2)15(11-16)13-23-32-14-21(26)24-19-12-17(4-5-18(19)22)33(27,28)25-7-9-31-10-8-25/h3-6,11-13H,7-10,14H2,1-2H3,(H,24,26)/b23-13+. The molecule has 33 heavy (non-hydrogen) atoms. The molecule has 1 heterocycles. The molecule has 1 aliphatic heterocycles. The zero-order valence-corrected chi connectivity index (χ0v) is 19.7. The lowest BCUT2D eigenvalue weighted by atomic mass is 10.2. The summed E-state index contributed by atoms with van der Waals surface area (Å²) in [5, 5.41) is 6.51. The number of hydrogen-bond donors (Lipinski definition) is 1. The molecule has 1 amide bonds. The number of hydrogen-bond acceptors (Lipinski definition) is 8. The van der Waals surface area contributed by atoms with Crippen molar-refractivity contribution in [3.05, 3.63) is 47.0 Å². The number of anilines is 1. The van der Waals surface area contributed by atoms with Crippen LogP contribution in [0.1, 0.15) is 5.56 Å². The summed E-state index contributed by atoms with van der Waals surface area (Å²) in [6, 6.07) is 9.28. The largest absolute Gasteiger partial charge is 0.497 e. The third kappa shape index (κ3) is 6.35. The highest BCUT2D eigenvalue weighted by molar-refractivity contribution is 7.89. The molecule has 3 rings (SSSR count). The molecule has 178 valence electrons. The number of methoxy groups -OCH3 is 2. The highest BCUT2D eigenvalue weighted by Crippen LogP contribution is 2.27. The zero-order valence-electron chi connectivity index (χ0n) is 18.1. The molecule has 0 bridgehead atoms. The predicted octanol–water partition coefficient (Wildman–Crippen LogP) is 2.37. The summed E-state index contributed by atoms with van der Waals surface area (Å²) in [5.74, 6) is 0.599. The monoisotopic (exact) mass is 497 g/mol. The Morgan fingerprint density at radius 2 is 1.94 bits per heavy atom. The number of oxime groups is 1. The average Bonchev–Trinajstić information content (AvgIpc) is 2.83.